The number of carbonyl (C=O) groups is 2. The molecular weight excluding hydrogens is 242 g/mol. The van der Waals surface area contributed by atoms with Crippen LogP contribution in [0, 0.1) is 5.41 Å². The standard InChI is InChI=1S/C14H29N3O2/c1-11(2)17-13(19)6-10-16-12(18)5-7-14(3,4)8-9-15/h11H,5-10,15H2,1-4H3,(H,16,18)(H,17,19). The van der Waals surface area contributed by atoms with E-state index in [0.29, 0.717) is 25.9 Å². The minimum absolute atomic E-state index is 0.00226. The van der Waals surface area contributed by atoms with Crippen molar-refractivity contribution in [2.75, 3.05) is 13.1 Å². The lowest BCUT2D eigenvalue weighted by Gasteiger charge is -2.23. The van der Waals surface area contributed by atoms with Crippen LogP contribution in [0.15, 0.2) is 0 Å². The molecule has 0 heterocycles. The average Bonchev–Trinajstić information content (AvgIpc) is 2.25. The largest absolute Gasteiger partial charge is 0.356 e. The Morgan fingerprint density at radius 2 is 1.74 bits per heavy atom. The lowest BCUT2D eigenvalue weighted by Crippen LogP contribution is -2.34. The number of rotatable bonds is 9. The Bertz CT molecular complexity index is 288. The zero-order chi connectivity index (χ0) is 14.9. The van der Waals surface area contributed by atoms with Crippen LogP contribution in [0.1, 0.15) is 53.4 Å². The molecule has 0 unspecified atom stereocenters. The minimum atomic E-state index is -0.0289. The van der Waals surface area contributed by atoms with Gasteiger partial charge in [-0.3, -0.25) is 9.59 Å². The van der Waals surface area contributed by atoms with Crippen molar-refractivity contribution >= 4 is 11.8 Å². The van der Waals surface area contributed by atoms with Crippen LogP contribution in [0.4, 0.5) is 0 Å². The normalized spacial score (nSPS) is 11.5. The monoisotopic (exact) mass is 271 g/mol. The maximum atomic E-state index is 11.6. The third kappa shape index (κ3) is 10.5. The Balaban J connectivity index is 3.73. The molecule has 0 aromatic heterocycles. The van der Waals surface area contributed by atoms with Crippen LogP contribution in [0.3, 0.4) is 0 Å². The topological polar surface area (TPSA) is 84.2 Å². The first kappa shape index (κ1) is 17.9. The van der Waals surface area contributed by atoms with Gasteiger partial charge >= 0.3 is 0 Å². The van der Waals surface area contributed by atoms with Crippen molar-refractivity contribution in [3.8, 4) is 0 Å². The van der Waals surface area contributed by atoms with Gasteiger partial charge < -0.3 is 16.4 Å². The second kappa shape index (κ2) is 8.91. The van der Waals surface area contributed by atoms with Crippen molar-refractivity contribution in [2.24, 2.45) is 11.1 Å². The zero-order valence-electron chi connectivity index (χ0n) is 12.7. The van der Waals surface area contributed by atoms with Crippen molar-refractivity contribution < 1.29 is 9.59 Å². The van der Waals surface area contributed by atoms with Crippen LogP contribution in [-0.2, 0) is 9.59 Å². The molecule has 0 aliphatic heterocycles. The van der Waals surface area contributed by atoms with Crippen LogP contribution in [0.2, 0.25) is 0 Å². The number of nitrogens with one attached hydrogen (secondary N) is 2. The summed E-state index contributed by atoms with van der Waals surface area (Å²) in [5.74, 6) is -0.0267. The van der Waals surface area contributed by atoms with Gasteiger partial charge in [-0.15, -0.1) is 0 Å². The Morgan fingerprint density at radius 1 is 1.11 bits per heavy atom. The van der Waals surface area contributed by atoms with Gasteiger partial charge in [-0.1, -0.05) is 13.8 Å². The van der Waals surface area contributed by atoms with Crippen molar-refractivity contribution in [2.45, 2.75) is 59.4 Å². The van der Waals surface area contributed by atoms with Gasteiger partial charge in [0.2, 0.25) is 11.8 Å². The van der Waals surface area contributed by atoms with Gasteiger partial charge in [-0.25, -0.2) is 0 Å². The summed E-state index contributed by atoms with van der Waals surface area (Å²) >= 11 is 0. The highest BCUT2D eigenvalue weighted by Crippen LogP contribution is 2.25. The number of amides is 2. The molecule has 2 amide bonds. The van der Waals surface area contributed by atoms with E-state index in [2.05, 4.69) is 24.5 Å². The highest BCUT2D eigenvalue weighted by Gasteiger charge is 2.18. The summed E-state index contributed by atoms with van der Waals surface area (Å²) in [5, 5.41) is 5.56. The van der Waals surface area contributed by atoms with Crippen LogP contribution in [0.5, 0.6) is 0 Å². The van der Waals surface area contributed by atoms with E-state index in [1.54, 1.807) is 0 Å². The van der Waals surface area contributed by atoms with E-state index in [-0.39, 0.29) is 23.3 Å². The van der Waals surface area contributed by atoms with Gasteiger partial charge in [-0.2, -0.15) is 0 Å². The Labute approximate surface area is 116 Å². The zero-order valence-corrected chi connectivity index (χ0v) is 12.7. The smallest absolute Gasteiger partial charge is 0.221 e. The van der Waals surface area contributed by atoms with E-state index < -0.39 is 0 Å². The molecule has 0 radical (unpaired) electrons. The molecule has 4 N–H and O–H groups in total. The SMILES string of the molecule is CC(C)NC(=O)CCNC(=O)CCC(C)(C)CCN. The molecule has 5 nitrogen and oxygen atoms in total. The fourth-order valence-corrected chi connectivity index (χ4v) is 1.77. The van der Waals surface area contributed by atoms with Crippen molar-refractivity contribution in [1.29, 1.82) is 0 Å². The lowest BCUT2D eigenvalue weighted by atomic mass is 9.84. The van der Waals surface area contributed by atoms with E-state index in [0.717, 1.165) is 12.8 Å². The molecule has 0 saturated carbocycles. The van der Waals surface area contributed by atoms with Crippen LogP contribution in [-0.4, -0.2) is 30.9 Å². The van der Waals surface area contributed by atoms with Crippen LogP contribution in [0.25, 0.3) is 0 Å². The van der Waals surface area contributed by atoms with Gasteiger partial charge in [0.15, 0.2) is 0 Å². The third-order valence-electron chi connectivity index (χ3n) is 2.97. The fourth-order valence-electron chi connectivity index (χ4n) is 1.77. The van der Waals surface area contributed by atoms with Gasteiger partial charge in [0.1, 0.15) is 0 Å². The van der Waals surface area contributed by atoms with Gasteiger partial charge in [0.25, 0.3) is 0 Å². The molecule has 5 heteroatoms. The molecule has 0 aliphatic rings. The minimum Gasteiger partial charge on any atom is -0.356 e. The van der Waals surface area contributed by atoms with Crippen LogP contribution < -0.4 is 16.4 Å². The lowest BCUT2D eigenvalue weighted by molar-refractivity contribution is -0.122. The Kier molecular flexibility index (Phi) is 8.39. The Morgan fingerprint density at radius 3 is 2.26 bits per heavy atom. The number of carbonyl (C=O) groups excluding carboxylic acids is 2. The molecule has 112 valence electrons. The molecule has 0 bridgehead atoms. The maximum Gasteiger partial charge on any atom is 0.221 e. The summed E-state index contributed by atoms with van der Waals surface area (Å²) in [6.07, 6.45) is 2.54. The van der Waals surface area contributed by atoms with Gasteiger partial charge in [0, 0.05) is 25.4 Å². The second-order valence-electron chi connectivity index (χ2n) is 6.03. The van der Waals surface area contributed by atoms with Crippen molar-refractivity contribution in [3.63, 3.8) is 0 Å². The highest BCUT2D eigenvalue weighted by molar-refractivity contribution is 5.79. The number of hydrogen-bond donors (Lipinski definition) is 3. The molecule has 0 saturated heterocycles. The molecule has 0 rings (SSSR count). The second-order valence-corrected chi connectivity index (χ2v) is 6.03. The van der Waals surface area contributed by atoms with Gasteiger partial charge in [0.05, 0.1) is 0 Å². The van der Waals surface area contributed by atoms with E-state index in [1.165, 1.54) is 0 Å². The van der Waals surface area contributed by atoms with E-state index in [4.69, 9.17) is 5.73 Å². The molecule has 0 aliphatic carbocycles. The molecule has 0 fully saturated rings. The van der Waals surface area contributed by atoms with Crippen molar-refractivity contribution in [1.82, 2.24) is 10.6 Å². The quantitative estimate of drug-likeness (QED) is 0.588. The molecular formula is C14H29N3O2. The molecule has 0 atom stereocenters. The predicted octanol–water partition coefficient (Wildman–Crippen LogP) is 1.17. The summed E-state index contributed by atoms with van der Waals surface area (Å²) in [4.78, 5) is 23.0. The molecule has 0 spiro atoms. The van der Waals surface area contributed by atoms with Crippen LogP contribution >= 0.6 is 0 Å². The Hall–Kier alpha value is -1.10. The summed E-state index contributed by atoms with van der Waals surface area (Å²) in [5.41, 5.74) is 5.63. The first-order chi connectivity index (χ1) is 8.76. The third-order valence-corrected chi connectivity index (χ3v) is 2.97. The van der Waals surface area contributed by atoms with Crippen molar-refractivity contribution in [3.05, 3.63) is 0 Å². The summed E-state index contributed by atoms with van der Waals surface area (Å²) in [7, 11) is 0. The number of nitrogens with two attached hydrogens (primary N) is 1. The first-order valence-corrected chi connectivity index (χ1v) is 7.03. The molecule has 19 heavy (non-hydrogen) atoms. The van der Waals surface area contributed by atoms with E-state index >= 15 is 0 Å². The summed E-state index contributed by atoms with van der Waals surface area (Å²) in [6.45, 7) is 9.09. The van der Waals surface area contributed by atoms with Gasteiger partial charge in [-0.05, 0) is 38.6 Å². The maximum absolute atomic E-state index is 11.6. The number of hydrogen-bond acceptors (Lipinski definition) is 3. The summed E-state index contributed by atoms with van der Waals surface area (Å²) < 4.78 is 0. The van der Waals surface area contributed by atoms with E-state index in [9.17, 15) is 9.59 Å². The summed E-state index contributed by atoms with van der Waals surface area (Å²) in [6, 6.07) is 0.139. The molecule has 0 aromatic rings. The van der Waals surface area contributed by atoms with E-state index in [1.807, 2.05) is 13.8 Å². The first-order valence-electron chi connectivity index (χ1n) is 7.03. The average molecular weight is 271 g/mol. The fraction of sp³-hybridized carbons (Fsp3) is 0.857. The predicted molar refractivity (Wildman–Crippen MR) is 77.6 cm³/mol. The highest BCUT2D eigenvalue weighted by atomic mass is 16.2. The molecule has 0 aromatic carbocycles.